The number of anilines is 1. The fourth-order valence-electron chi connectivity index (χ4n) is 1.44. The molecule has 0 spiro atoms. The van der Waals surface area contributed by atoms with E-state index in [4.69, 9.17) is 5.11 Å². The van der Waals surface area contributed by atoms with Crippen molar-refractivity contribution in [2.45, 2.75) is 25.9 Å². The average molecular weight is 211 g/mol. The standard InChI is InChI=1S/C12H18FNO/c1-9(15)4-5-10-6-7-12(14(2)3)11(13)8-10/h6-9,15H,4-5H2,1-3H3/t9-/m0/s1. The van der Waals surface area contributed by atoms with E-state index in [9.17, 15) is 4.39 Å². The van der Waals surface area contributed by atoms with Gasteiger partial charge in [0.2, 0.25) is 0 Å². The molecule has 0 aromatic heterocycles. The molecule has 1 N–H and O–H groups in total. The molecule has 0 saturated carbocycles. The van der Waals surface area contributed by atoms with Gasteiger partial charge in [-0.1, -0.05) is 6.07 Å². The van der Waals surface area contributed by atoms with Crippen LogP contribution in [0, 0.1) is 5.82 Å². The summed E-state index contributed by atoms with van der Waals surface area (Å²) in [6.07, 6.45) is 1.05. The Morgan fingerprint density at radius 3 is 2.53 bits per heavy atom. The number of aliphatic hydroxyl groups is 1. The lowest BCUT2D eigenvalue weighted by Gasteiger charge is -2.14. The predicted molar refractivity (Wildman–Crippen MR) is 60.7 cm³/mol. The van der Waals surface area contributed by atoms with Crippen LogP contribution in [0.4, 0.5) is 10.1 Å². The fraction of sp³-hybridized carbons (Fsp3) is 0.500. The second kappa shape index (κ2) is 5.12. The molecule has 1 aromatic rings. The van der Waals surface area contributed by atoms with Gasteiger partial charge in [0, 0.05) is 14.1 Å². The van der Waals surface area contributed by atoms with E-state index in [1.165, 1.54) is 6.07 Å². The van der Waals surface area contributed by atoms with Crippen molar-refractivity contribution in [3.63, 3.8) is 0 Å². The third kappa shape index (κ3) is 3.51. The molecule has 0 fully saturated rings. The van der Waals surface area contributed by atoms with Gasteiger partial charge in [-0.25, -0.2) is 4.39 Å². The Labute approximate surface area is 90.3 Å². The lowest BCUT2D eigenvalue weighted by atomic mass is 10.1. The van der Waals surface area contributed by atoms with E-state index in [1.54, 1.807) is 17.9 Å². The Balaban J connectivity index is 2.73. The molecule has 84 valence electrons. The highest BCUT2D eigenvalue weighted by Crippen LogP contribution is 2.19. The molecule has 0 bridgehead atoms. The summed E-state index contributed by atoms with van der Waals surface area (Å²) in [5.74, 6) is -0.205. The normalized spacial score (nSPS) is 12.6. The molecule has 0 aliphatic heterocycles. The first-order valence-corrected chi connectivity index (χ1v) is 5.14. The Hall–Kier alpha value is -1.09. The van der Waals surface area contributed by atoms with E-state index in [-0.39, 0.29) is 11.9 Å². The Kier molecular flexibility index (Phi) is 4.09. The van der Waals surface area contributed by atoms with Gasteiger partial charge >= 0.3 is 0 Å². The predicted octanol–water partition coefficient (Wildman–Crippen LogP) is 2.21. The molecule has 1 rings (SSSR count). The first-order chi connectivity index (χ1) is 7.00. The number of rotatable bonds is 4. The molecular formula is C12H18FNO. The zero-order valence-corrected chi connectivity index (χ0v) is 9.50. The summed E-state index contributed by atoms with van der Waals surface area (Å²) in [4.78, 5) is 1.74. The molecular weight excluding hydrogens is 193 g/mol. The van der Waals surface area contributed by atoms with Gasteiger partial charge < -0.3 is 10.0 Å². The number of nitrogens with zero attached hydrogens (tertiary/aromatic N) is 1. The topological polar surface area (TPSA) is 23.5 Å². The molecule has 1 atom stereocenters. The number of aliphatic hydroxyl groups excluding tert-OH is 1. The van der Waals surface area contributed by atoms with Crippen LogP contribution in [0.1, 0.15) is 18.9 Å². The van der Waals surface area contributed by atoms with Gasteiger partial charge in [-0.2, -0.15) is 0 Å². The third-order valence-corrected chi connectivity index (χ3v) is 2.34. The van der Waals surface area contributed by atoms with Crippen LogP contribution in [-0.2, 0) is 6.42 Å². The molecule has 0 heterocycles. The Morgan fingerprint density at radius 1 is 1.40 bits per heavy atom. The van der Waals surface area contributed by atoms with E-state index in [1.807, 2.05) is 20.2 Å². The van der Waals surface area contributed by atoms with Crippen molar-refractivity contribution in [2.24, 2.45) is 0 Å². The highest BCUT2D eigenvalue weighted by molar-refractivity contribution is 5.47. The van der Waals surface area contributed by atoms with Gasteiger partial charge in [-0.3, -0.25) is 0 Å². The maximum atomic E-state index is 13.5. The van der Waals surface area contributed by atoms with Crippen LogP contribution in [0.2, 0.25) is 0 Å². The molecule has 0 aliphatic carbocycles. The summed E-state index contributed by atoms with van der Waals surface area (Å²) in [6, 6.07) is 5.21. The van der Waals surface area contributed by atoms with Crippen molar-refractivity contribution in [2.75, 3.05) is 19.0 Å². The SMILES string of the molecule is C[C@H](O)CCc1ccc(N(C)C)c(F)c1. The minimum Gasteiger partial charge on any atom is -0.393 e. The summed E-state index contributed by atoms with van der Waals surface area (Å²) >= 11 is 0. The Morgan fingerprint density at radius 2 is 2.07 bits per heavy atom. The molecule has 0 unspecified atom stereocenters. The van der Waals surface area contributed by atoms with Gasteiger partial charge in [0.15, 0.2) is 0 Å². The monoisotopic (exact) mass is 211 g/mol. The Bertz CT molecular complexity index is 323. The van der Waals surface area contributed by atoms with Gasteiger partial charge in [0.1, 0.15) is 5.82 Å². The fourth-order valence-corrected chi connectivity index (χ4v) is 1.44. The van der Waals surface area contributed by atoms with Crippen molar-refractivity contribution in [1.82, 2.24) is 0 Å². The summed E-state index contributed by atoms with van der Waals surface area (Å²) in [6.45, 7) is 1.74. The maximum Gasteiger partial charge on any atom is 0.146 e. The first kappa shape index (κ1) is 12.0. The van der Waals surface area contributed by atoms with Crippen molar-refractivity contribution < 1.29 is 9.50 Å². The van der Waals surface area contributed by atoms with Crippen molar-refractivity contribution in [1.29, 1.82) is 0 Å². The lowest BCUT2D eigenvalue weighted by molar-refractivity contribution is 0.185. The van der Waals surface area contributed by atoms with Crippen molar-refractivity contribution in [3.05, 3.63) is 29.6 Å². The maximum absolute atomic E-state index is 13.5. The van der Waals surface area contributed by atoms with Crippen LogP contribution in [0.3, 0.4) is 0 Å². The molecule has 0 amide bonds. The van der Waals surface area contributed by atoms with Crippen LogP contribution in [0.5, 0.6) is 0 Å². The molecule has 2 nitrogen and oxygen atoms in total. The van der Waals surface area contributed by atoms with E-state index in [0.29, 0.717) is 18.5 Å². The van der Waals surface area contributed by atoms with Crippen LogP contribution in [0.25, 0.3) is 0 Å². The molecule has 0 radical (unpaired) electrons. The summed E-state index contributed by atoms with van der Waals surface area (Å²) < 4.78 is 13.5. The first-order valence-electron chi connectivity index (χ1n) is 5.14. The average Bonchev–Trinajstić information content (AvgIpc) is 2.14. The van der Waals surface area contributed by atoms with Crippen molar-refractivity contribution in [3.8, 4) is 0 Å². The minimum absolute atomic E-state index is 0.205. The van der Waals surface area contributed by atoms with Crippen LogP contribution in [-0.4, -0.2) is 25.3 Å². The van der Waals surface area contributed by atoms with Crippen LogP contribution < -0.4 is 4.90 Å². The number of aryl methyl sites for hydroxylation is 1. The quantitative estimate of drug-likeness (QED) is 0.825. The number of halogens is 1. The van der Waals surface area contributed by atoms with E-state index in [2.05, 4.69) is 0 Å². The van der Waals surface area contributed by atoms with E-state index < -0.39 is 0 Å². The number of benzene rings is 1. The van der Waals surface area contributed by atoms with Crippen LogP contribution in [0.15, 0.2) is 18.2 Å². The van der Waals surface area contributed by atoms with Gasteiger partial charge in [0.25, 0.3) is 0 Å². The third-order valence-electron chi connectivity index (χ3n) is 2.34. The van der Waals surface area contributed by atoms with Gasteiger partial charge in [0.05, 0.1) is 11.8 Å². The lowest BCUT2D eigenvalue weighted by Crippen LogP contribution is -2.11. The largest absolute Gasteiger partial charge is 0.393 e. The van der Waals surface area contributed by atoms with Crippen molar-refractivity contribution >= 4 is 5.69 Å². The van der Waals surface area contributed by atoms with Gasteiger partial charge in [-0.05, 0) is 37.5 Å². The number of hydrogen-bond donors (Lipinski definition) is 1. The second-order valence-electron chi connectivity index (χ2n) is 4.07. The molecule has 1 aromatic carbocycles. The summed E-state index contributed by atoms with van der Waals surface area (Å²) in [5.41, 5.74) is 1.52. The van der Waals surface area contributed by atoms with Gasteiger partial charge in [-0.15, -0.1) is 0 Å². The summed E-state index contributed by atoms with van der Waals surface area (Å²) in [7, 11) is 3.63. The molecule has 15 heavy (non-hydrogen) atoms. The number of hydrogen-bond acceptors (Lipinski definition) is 2. The minimum atomic E-state index is -0.332. The second-order valence-corrected chi connectivity index (χ2v) is 4.07. The summed E-state index contributed by atoms with van der Waals surface area (Å²) in [5, 5.41) is 9.12. The highest BCUT2D eigenvalue weighted by Gasteiger charge is 2.05. The molecule has 0 saturated heterocycles. The van der Waals surface area contributed by atoms with E-state index in [0.717, 1.165) is 5.56 Å². The zero-order chi connectivity index (χ0) is 11.4. The molecule has 3 heteroatoms. The smallest absolute Gasteiger partial charge is 0.146 e. The highest BCUT2D eigenvalue weighted by atomic mass is 19.1. The van der Waals surface area contributed by atoms with Crippen LogP contribution >= 0.6 is 0 Å². The molecule has 0 aliphatic rings. The van der Waals surface area contributed by atoms with E-state index >= 15 is 0 Å². The zero-order valence-electron chi connectivity index (χ0n) is 9.50.